The standard InChI is InChI=1S/C11H10N2O2/c1-7-3-4-8-6-12-10(11(14)15-2)13-9(8)5-7/h3-6H,1-2H3. The molecule has 0 aliphatic carbocycles. The van der Waals surface area contributed by atoms with Crippen LogP contribution in [0.4, 0.5) is 0 Å². The highest BCUT2D eigenvalue weighted by Crippen LogP contribution is 2.12. The number of ether oxygens (including phenoxy) is 1. The predicted molar refractivity (Wildman–Crippen MR) is 55.6 cm³/mol. The van der Waals surface area contributed by atoms with Crippen LogP contribution in [0, 0.1) is 6.92 Å². The van der Waals surface area contributed by atoms with Gasteiger partial charge in [0.05, 0.1) is 12.6 Å². The summed E-state index contributed by atoms with van der Waals surface area (Å²) < 4.78 is 4.55. The van der Waals surface area contributed by atoms with Crippen LogP contribution in [0.15, 0.2) is 24.4 Å². The van der Waals surface area contributed by atoms with E-state index < -0.39 is 5.97 Å². The topological polar surface area (TPSA) is 52.1 Å². The van der Waals surface area contributed by atoms with E-state index in [0.717, 1.165) is 16.5 Å². The van der Waals surface area contributed by atoms with Gasteiger partial charge in [-0.05, 0) is 18.6 Å². The molecule has 1 heterocycles. The second-order valence-corrected chi connectivity index (χ2v) is 3.25. The maximum atomic E-state index is 11.2. The number of aromatic nitrogens is 2. The van der Waals surface area contributed by atoms with E-state index in [0.29, 0.717) is 0 Å². The minimum absolute atomic E-state index is 0.0931. The van der Waals surface area contributed by atoms with Crippen LogP contribution >= 0.6 is 0 Å². The fraction of sp³-hybridized carbons (Fsp3) is 0.182. The lowest BCUT2D eigenvalue weighted by Crippen LogP contribution is -2.06. The highest BCUT2D eigenvalue weighted by Gasteiger charge is 2.09. The van der Waals surface area contributed by atoms with Gasteiger partial charge in [-0.3, -0.25) is 0 Å². The molecule has 0 N–H and O–H groups in total. The summed E-state index contributed by atoms with van der Waals surface area (Å²) in [4.78, 5) is 19.2. The quantitative estimate of drug-likeness (QED) is 0.661. The number of fused-ring (bicyclic) bond motifs is 1. The molecule has 15 heavy (non-hydrogen) atoms. The van der Waals surface area contributed by atoms with Crippen LogP contribution in [0.3, 0.4) is 0 Å². The zero-order valence-corrected chi connectivity index (χ0v) is 8.52. The average molecular weight is 202 g/mol. The Morgan fingerprint density at radius 3 is 2.93 bits per heavy atom. The molecule has 1 aromatic carbocycles. The number of benzene rings is 1. The maximum absolute atomic E-state index is 11.2. The van der Waals surface area contributed by atoms with Gasteiger partial charge in [-0.2, -0.15) is 0 Å². The number of hydrogen-bond donors (Lipinski definition) is 0. The smallest absolute Gasteiger partial charge is 0.376 e. The SMILES string of the molecule is COC(=O)c1ncc2ccc(C)cc2n1. The molecular formula is C11H10N2O2. The van der Waals surface area contributed by atoms with Crippen LogP contribution in [0.25, 0.3) is 10.9 Å². The lowest BCUT2D eigenvalue weighted by atomic mass is 10.2. The fourth-order valence-electron chi connectivity index (χ4n) is 1.32. The molecule has 0 aliphatic heterocycles. The van der Waals surface area contributed by atoms with E-state index in [9.17, 15) is 4.79 Å². The normalized spacial score (nSPS) is 10.3. The predicted octanol–water partition coefficient (Wildman–Crippen LogP) is 1.72. The van der Waals surface area contributed by atoms with Crippen LogP contribution in [0.1, 0.15) is 16.2 Å². The Morgan fingerprint density at radius 2 is 2.20 bits per heavy atom. The van der Waals surface area contributed by atoms with Gasteiger partial charge in [0.1, 0.15) is 0 Å². The van der Waals surface area contributed by atoms with E-state index in [-0.39, 0.29) is 5.82 Å². The lowest BCUT2D eigenvalue weighted by molar-refractivity contribution is 0.0587. The third kappa shape index (κ3) is 1.79. The molecule has 0 amide bonds. The largest absolute Gasteiger partial charge is 0.463 e. The third-order valence-corrected chi connectivity index (χ3v) is 2.11. The summed E-state index contributed by atoms with van der Waals surface area (Å²) >= 11 is 0. The number of methoxy groups -OCH3 is 1. The molecule has 4 heteroatoms. The number of carbonyl (C=O) groups is 1. The molecule has 0 saturated carbocycles. The molecule has 4 nitrogen and oxygen atoms in total. The van der Waals surface area contributed by atoms with Crippen molar-refractivity contribution in [2.75, 3.05) is 7.11 Å². The zero-order chi connectivity index (χ0) is 10.8. The Balaban J connectivity index is 2.59. The molecule has 76 valence electrons. The monoisotopic (exact) mass is 202 g/mol. The Hall–Kier alpha value is -1.97. The average Bonchev–Trinajstić information content (AvgIpc) is 2.27. The summed E-state index contributed by atoms with van der Waals surface area (Å²) in [6, 6.07) is 5.80. The molecule has 0 unspecified atom stereocenters. The second-order valence-electron chi connectivity index (χ2n) is 3.25. The molecular weight excluding hydrogens is 192 g/mol. The van der Waals surface area contributed by atoms with Crippen molar-refractivity contribution < 1.29 is 9.53 Å². The Morgan fingerprint density at radius 1 is 1.40 bits per heavy atom. The van der Waals surface area contributed by atoms with Gasteiger partial charge in [-0.25, -0.2) is 14.8 Å². The summed E-state index contributed by atoms with van der Waals surface area (Å²) in [6.45, 7) is 1.97. The van der Waals surface area contributed by atoms with Gasteiger partial charge in [0.25, 0.3) is 0 Å². The minimum Gasteiger partial charge on any atom is -0.463 e. The first-order chi connectivity index (χ1) is 7.20. The number of rotatable bonds is 1. The van der Waals surface area contributed by atoms with Gasteiger partial charge < -0.3 is 4.74 Å². The summed E-state index contributed by atoms with van der Waals surface area (Å²) in [7, 11) is 1.31. The van der Waals surface area contributed by atoms with Crippen molar-refractivity contribution in [1.29, 1.82) is 0 Å². The summed E-state index contributed by atoms with van der Waals surface area (Å²) in [5, 5.41) is 0.910. The van der Waals surface area contributed by atoms with Crippen LogP contribution in [0.2, 0.25) is 0 Å². The molecule has 0 spiro atoms. The second kappa shape index (κ2) is 3.65. The summed E-state index contributed by atoms with van der Waals surface area (Å²) in [5.41, 5.74) is 1.85. The molecule has 0 atom stereocenters. The maximum Gasteiger partial charge on any atom is 0.376 e. The van der Waals surface area contributed by atoms with Crippen molar-refractivity contribution >= 4 is 16.9 Å². The Bertz CT molecular complexity index is 523. The highest BCUT2D eigenvalue weighted by molar-refractivity contribution is 5.88. The molecule has 0 fully saturated rings. The number of carbonyl (C=O) groups excluding carboxylic acids is 1. The van der Waals surface area contributed by atoms with Crippen LogP contribution in [0.5, 0.6) is 0 Å². The van der Waals surface area contributed by atoms with Crippen molar-refractivity contribution in [2.24, 2.45) is 0 Å². The van der Waals surface area contributed by atoms with Crippen molar-refractivity contribution in [3.8, 4) is 0 Å². The van der Waals surface area contributed by atoms with Crippen molar-refractivity contribution in [3.63, 3.8) is 0 Å². The van der Waals surface area contributed by atoms with Crippen molar-refractivity contribution in [2.45, 2.75) is 6.92 Å². The van der Waals surface area contributed by atoms with Gasteiger partial charge in [-0.15, -0.1) is 0 Å². The molecule has 2 aromatic rings. The first-order valence-electron chi connectivity index (χ1n) is 4.52. The highest BCUT2D eigenvalue weighted by atomic mass is 16.5. The van der Waals surface area contributed by atoms with Gasteiger partial charge in [0.15, 0.2) is 0 Å². The summed E-state index contributed by atoms with van der Waals surface area (Å²) in [5.74, 6) is -0.422. The number of esters is 1. The van der Waals surface area contributed by atoms with E-state index in [2.05, 4.69) is 14.7 Å². The molecule has 1 aromatic heterocycles. The number of hydrogen-bond acceptors (Lipinski definition) is 4. The van der Waals surface area contributed by atoms with E-state index >= 15 is 0 Å². The summed E-state index contributed by atoms with van der Waals surface area (Å²) in [6.07, 6.45) is 1.62. The van der Waals surface area contributed by atoms with Crippen molar-refractivity contribution in [3.05, 3.63) is 35.8 Å². The Kier molecular flexibility index (Phi) is 2.33. The van der Waals surface area contributed by atoms with Gasteiger partial charge in [0.2, 0.25) is 5.82 Å². The van der Waals surface area contributed by atoms with Crippen LogP contribution < -0.4 is 0 Å². The van der Waals surface area contributed by atoms with Gasteiger partial charge in [0, 0.05) is 11.6 Å². The van der Waals surface area contributed by atoms with E-state index in [1.54, 1.807) is 6.20 Å². The minimum atomic E-state index is -0.515. The lowest BCUT2D eigenvalue weighted by Gasteiger charge is -2.00. The van der Waals surface area contributed by atoms with Crippen molar-refractivity contribution in [1.82, 2.24) is 9.97 Å². The van der Waals surface area contributed by atoms with E-state index in [4.69, 9.17) is 0 Å². The fourth-order valence-corrected chi connectivity index (χ4v) is 1.32. The molecule has 0 saturated heterocycles. The first kappa shape index (κ1) is 9.58. The third-order valence-electron chi connectivity index (χ3n) is 2.11. The van der Waals surface area contributed by atoms with E-state index in [1.807, 2.05) is 25.1 Å². The van der Waals surface area contributed by atoms with Gasteiger partial charge >= 0.3 is 5.97 Å². The molecule has 2 rings (SSSR count). The first-order valence-corrected chi connectivity index (χ1v) is 4.52. The Labute approximate surface area is 86.9 Å². The number of aryl methyl sites for hydroxylation is 1. The van der Waals surface area contributed by atoms with Crippen LogP contribution in [-0.4, -0.2) is 23.0 Å². The number of nitrogens with zero attached hydrogens (tertiary/aromatic N) is 2. The molecule has 0 bridgehead atoms. The van der Waals surface area contributed by atoms with E-state index in [1.165, 1.54) is 7.11 Å². The zero-order valence-electron chi connectivity index (χ0n) is 8.52. The van der Waals surface area contributed by atoms with Crippen LogP contribution in [-0.2, 0) is 4.74 Å². The molecule has 0 aliphatic rings. The van der Waals surface area contributed by atoms with Gasteiger partial charge in [-0.1, -0.05) is 12.1 Å². The molecule has 0 radical (unpaired) electrons.